The van der Waals surface area contributed by atoms with Crippen molar-refractivity contribution in [2.24, 2.45) is 5.92 Å². The van der Waals surface area contributed by atoms with E-state index in [0.717, 1.165) is 44.5 Å². The number of benzene rings is 6. The van der Waals surface area contributed by atoms with E-state index in [4.69, 9.17) is 0 Å². The van der Waals surface area contributed by atoms with E-state index < -0.39 is 17.8 Å². The van der Waals surface area contributed by atoms with Gasteiger partial charge in [0.2, 0.25) is 5.91 Å². The molecule has 0 bridgehead atoms. The van der Waals surface area contributed by atoms with E-state index >= 15 is 0 Å². The van der Waals surface area contributed by atoms with Gasteiger partial charge in [0.1, 0.15) is 12.0 Å². The average molecular weight is 730 g/mol. The maximum atomic E-state index is 13.4. The predicted molar refractivity (Wildman–Crippen MR) is 222 cm³/mol. The maximum absolute atomic E-state index is 13.4. The van der Waals surface area contributed by atoms with Gasteiger partial charge in [-0.2, -0.15) is 0 Å². The Labute approximate surface area is 325 Å². The molecule has 55 heavy (non-hydrogen) atoms. The van der Waals surface area contributed by atoms with Gasteiger partial charge < -0.3 is 10.4 Å². The zero-order valence-electron chi connectivity index (χ0n) is 31.9. The number of aliphatic hydroxyl groups is 1. The van der Waals surface area contributed by atoms with Gasteiger partial charge in [0, 0.05) is 25.4 Å². The summed E-state index contributed by atoms with van der Waals surface area (Å²) in [5, 5.41) is 21.3. The molecule has 6 heteroatoms. The first kappa shape index (κ1) is 39.0. The molecule has 0 aliphatic rings. The van der Waals surface area contributed by atoms with E-state index in [9.17, 15) is 14.7 Å². The predicted octanol–water partition coefficient (Wildman–Crippen LogP) is 8.49. The number of carbonyl (C=O) groups is 2. The van der Waals surface area contributed by atoms with Crippen molar-refractivity contribution in [2.75, 3.05) is 0 Å². The van der Waals surface area contributed by atoms with Crippen LogP contribution in [0.5, 0.6) is 0 Å². The van der Waals surface area contributed by atoms with Gasteiger partial charge in [-0.1, -0.05) is 176 Å². The van der Waals surface area contributed by atoms with Crippen LogP contribution < -0.4 is 16.0 Å². The Morgan fingerprint density at radius 3 is 1.73 bits per heavy atom. The van der Waals surface area contributed by atoms with Crippen molar-refractivity contribution in [3.63, 3.8) is 0 Å². The van der Waals surface area contributed by atoms with Crippen molar-refractivity contribution >= 4 is 11.7 Å². The van der Waals surface area contributed by atoms with Gasteiger partial charge in [0.15, 0.2) is 0 Å². The highest BCUT2D eigenvalue weighted by Crippen LogP contribution is 2.37. The fraction of sp³-hybridized carbons (Fsp3) is 0.224. The highest BCUT2D eigenvalue weighted by molar-refractivity contribution is 5.81. The second-order valence-corrected chi connectivity index (χ2v) is 14.5. The Bertz CT molecular complexity index is 2080. The van der Waals surface area contributed by atoms with E-state index in [1.165, 1.54) is 12.5 Å². The second kappa shape index (κ2) is 18.6. The lowest BCUT2D eigenvalue weighted by atomic mass is 9.76. The third kappa shape index (κ3) is 10.1. The summed E-state index contributed by atoms with van der Waals surface area (Å²) in [4.78, 5) is 25.6. The zero-order valence-corrected chi connectivity index (χ0v) is 31.9. The van der Waals surface area contributed by atoms with Gasteiger partial charge in [-0.3, -0.25) is 20.2 Å². The fourth-order valence-electron chi connectivity index (χ4n) is 7.22. The lowest BCUT2D eigenvalue weighted by Gasteiger charge is -2.37. The minimum absolute atomic E-state index is 0.0163. The fourth-order valence-corrected chi connectivity index (χ4v) is 7.22. The number of aryl methyl sites for hydroxylation is 1. The molecule has 0 spiro atoms. The van der Waals surface area contributed by atoms with Crippen molar-refractivity contribution in [1.29, 1.82) is 0 Å². The molecule has 0 aliphatic heterocycles. The first-order valence-corrected chi connectivity index (χ1v) is 19.1. The van der Waals surface area contributed by atoms with Crippen molar-refractivity contribution < 1.29 is 14.7 Å². The Balaban J connectivity index is 1.12. The third-order valence-electron chi connectivity index (χ3n) is 10.2. The van der Waals surface area contributed by atoms with E-state index in [-0.39, 0.29) is 24.0 Å². The van der Waals surface area contributed by atoms with Gasteiger partial charge in [-0.05, 0) is 64.8 Å². The van der Waals surface area contributed by atoms with Crippen molar-refractivity contribution in [2.45, 2.75) is 64.5 Å². The minimum atomic E-state index is -1.13. The molecule has 6 nitrogen and oxygen atoms in total. The molecule has 0 aliphatic carbocycles. The summed E-state index contributed by atoms with van der Waals surface area (Å²) < 4.78 is 0. The average Bonchev–Trinajstić information content (AvgIpc) is 3.22. The van der Waals surface area contributed by atoms with Crippen LogP contribution in [-0.2, 0) is 34.6 Å². The number of ketones is 1. The third-order valence-corrected chi connectivity index (χ3v) is 10.2. The molecule has 6 rings (SSSR count). The molecule has 0 fully saturated rings. The molecule has 0 heterocycles. The number of rotatable bonds is 17. The molecule has 0 radical (unpaired) electrons. The van der Waals surface area contributed by atoms with Crippen LogP contribution in [0.3, 0.4) is 0 Å². The molecule has 0 saturated heterocycles. The number of Topliss-reactive ketones (excluding diaryl/α,β-unsaturated/α-hetero) is 1. The van der Waals surface area contributed by atoms with E-state index in [1.54, 1.807) is 0 Å². The maximum Gasteiger partial charge on any atom is 0.223 e. The molecule has 6 aromatic carbocycles. The first-order valence-electron chi connectivity index (χ1n) is 19.1. The van der Waals surface area contributed by atoms with Crippen molar-refractivity contribution in [1.82, 2.24) is 16.0 Å². The monoisotopic (exact) mass is 729 g/mol. The molecule has 6 aromatic rings. The number of carbonyl (C=O) groups excluding carboxylic acids is 2. The normalized spacial score (nSPS) is 13.1. The minimum Gasteiger partial charge on any atom is -0.376 e. The lowest BCUT2D eigenvalue weighted by Crippen LogP contribution is -2.51. The summed E-state index contributed by atoms with van der Waals surface area (Å²) >= 11 is 0. The Morgan fingerprint density at radius 1 is 0.618 bits per heavy atom. The summed E-state index contributed by atoms with van der Waals surface area (Å²) in [5.74, 6) is -0.675. The lowest BCUT2D eigenvalue weighted by molar-refractivity contribution is -0.127. The first-order chi connectivity index (χ1) is 26.7. The molecule has 0 aromatic heterocycles. The van der Waals surface area contributed by atoms with Crippen LogP contribution in [0.1, 0.15) is 59.2 Å². The topological polar surface area (TPSA) is 90.5 Å². The molecule has 280 valence electrons. The van der Waals surface area contributed by atoms with Crippen LogP contribution in [-0.4, -0.2) is 29.1 Å². The van der Waals surface area contributed by atoms with Gasteiger partial charge in [-0.15, -0.1) is 0 Å². The SMILES string of the molecule is CC(=O)C[C@H](NC(=O)[C@@H](C)Cc1ccc(-c2ccccc2)cc1)[C@@H](O)NCc1cccc(CNC(c2ccccc2)(c2ccccc2)c2ccc(C)cc2)c1. The molecule has 4 N–H and O–H groups in total. The highest BCUT2D eigenvalue weighted by atomic mass is 16.3. The smallest absolute Gasteiger partial charge is 0.223 e. The number of nitrogens with one attached hydrogen (secondary N) is 3. The number of aliphatic hydroxyl groups excluding tert-OH is 1. The zero-order chi connectivity index (χ0) is 38.6. The number of hydrogen-bond donors (Lipinski definition) is 4. The molecule has 1 amide bonds. The molecule has 0 unspecified atom stereocenters. The number of hydrogen-bond acceptors (Lipinski definition) is 5. The largest absolute Gasteiger partial charge is 0.376 e. The Kier molecular flexibility index (Phi) is 13.2. The van der Waals surface area contributed by atoms with Crippen molar-refractivity contribution in [3.05, 3.63) is 203 Å². The van der Waals surface area contributed by atoms with Crippen LogP contribution >= 0.6 is 0 Å². The van der Waals surface area contributed by atoms with Crippen LogP contribution in [0.25, 0.3) is 11.1 Å². The molecular weight excluding hydrogens is 679 g/mol. The van der Waals surface area contributed by atoms with Gasteiger partial charge in [-0.25, -0.2) is 0 Å². The molecule has 3 atom stereocenters. The van der Waals surface area contributed by atoms with Crippen LogP contribution in [0.15, 0.2) is 164 Å². The number of amides is 1. The summed E-state index contributed by atoms with van der Waals surface area (Å²) in [5.41, 5.74) is 9.37. The van der Waals surface area contributed by atoms with E-state index in [2.05, 4.69) is 132 Å². The van der Waals surface area contributed by atoms with Crippen molar-refractivity contribution in [3.8, 4) is 11.1 Å². The summed E-state index contributed by atoms with van der Waals surface area (Å²) in [6.45, 7) is 6.37. The second-order valence-electron chi connectivity index (χ2n) is 14.5. The van der Waals surface area contributed by atoms with E-state index in [1.807, 2.05) is 61.5 Å². The highest BCUT2D eigenvalue weighted by Gasteiger charge is 2.36. The van der Waals surface area contributed by atoms with Crippen LogP contribution in [0.2, 0.25) is 0 Å². The van der Waals surface area contributed by atoms with Gasteiger partial charge >= 0.3 is 0 Å². The molecule has 0 saturated carbocycles. The quantitative estimate of drug-likeness (QED) is 0.0559. The van der Waals surface area contributed by atoms with Crippen LogP contribution in [0.4, 0.5) is 0 Å². The Hall–Kier alpha value is -5.66. The van der Waals surface area contributed by atoms with Gasteiger partial charge in [0.05, 0.1) is 11.6 Å². The molecular formula is C49H51N3O3. The standard InChI is InChI=1S/C49H51N3O3/c1-35-22-28-45(29-23-35)49(43-18-9-5-10-19-43,44-20-11-6-12-21-44)51-34-40-15-13-14-39(32-40)33-50-48(55)46(31-37(3)53)52-47(54)36(2)30-38-24-26-42(27-25-38)41-16-7-4-8-17-41/h4-29,32,36,46,48,50-51,55H,30-31,33-34H2,1-3H3,(H,52,54)/t36-,46-,48+/m0/s1. The van der Waals surface area contributed by atoms with Gasteiger partial charge in [0.25, 0.3) is 0 Å². The van der Waals surface area contributed by atoms with E-state index in [0.29, 0.717) is 19.5 Å². The Morgan fingerprint density at radius 2 is 1.15 bits per heavy atom. The summed E-state index contributed by atoms with van der Waals surface area (Å²) in [7, 11) is 0. The van der Waals surface area contributed by atoms with Crippen LogP contribution in [0, 0.1) is 12.8 Å². The summed E-state index contributed by atoms with van der Waals surface area (Å²) in [6, 6.07) is 55.6. The summed E-state index contributed by atoms with van der Waals surface area (Å²) in [6.07, 6.45) is -0.572.